The molecule has 0 bridgehead atoms. The van der Waals surface area contributed by atoms with Crippen molar-refractivity contribution in [3.8, 4) is 0 Å². The van der Waals surface area contributed by atoms with Gasteiger partial charge in [0.05, 0.1) is 13.2 Å². The summed E-state index contributed by atoms with van der Waals surface area (Å²) in [6.45, 7) is -2.58. The number of rotatable bonds is 7. The predicted molar refractivity (Wildman–Crippen MR) is 40.9 cm³/mol. The van der Waals surface area contributed by atoms with Gasteiger partial charge in [0.15, 0.2) is 0 Å². The lowest BCUT2D eigenvalue weighted by atomic mass is 10.2. The predicted octanol–water partition coefficient (Wildman–Crippen LogP) is 0.210. The summed E-state index contributed by atoms with van der Waals surface area (Å²) in [5, 5.41) is 25.7. The van der Waals surface area contributed by atoms with Crippen LogP contribution in [0.25, 0.3) is 0 Å². The second-order valence-corrected chi connectivity index (χ2v) is 3.07. The minimum atomic E-state index is -5.73. The van der Waals surface area contributed by atoms with Gasteiger partial charge in [-0.15, -0.1) is 0 Å². The van der Waals surface area contributed by atoms with Crippen molar-refractivity contribution in [3.63, 3.8) is 0 Å². The normalized spacial score (nSPS) is 17.3. The summed E-state index contributed by atoms with van der Waals surface area (Å²) in [6, 6.07) is 0. The van der Waals surface area contributed by atoms with Gasteiger partial charge in [0.1, 0.15) is 12.2 Å². The molecule has 0 heterocycles. The van der Waals surface area contributed by atoms with Gasteiger partial charge in [-0.3, -0.25) is 0 Å². The van der Waals surface area contributed by atoms with E-state index in [1.54, 1.807) is 0 Å². The number of aliphatic hydroxyl groups is 3. The number of aliphatic hydroxyl groups excluding tert-OH is 3. The lowest BCUT2D eigenvalue weighted by Crippen LogP contribution is -2.50. The molecule has 0 aromatic rings. The van der Waals surface area contributed by atoms with Gasteiger partial charge < -0.3 is 20.1 Å². The Kier molecular flexibility index (Phi) is 5.65. The number of hydrogen-bond acceptors (Lipinski definition) is 4. The lowest BCUT2D eigenvalue weighted by molar-refractivity contribution is -0.378. The third-order valence-electron chi connectivity index (χ3n) is 1.73. The summed E-state index contributed by atoms with van der Waals surface area (Å²) < 4.78 is 75.8. The van der Waals surface area contributed by atoms with Crippen LogP contribution in [-0.4, -0.2) is 59.2 Å². The van der Waals surface area contributed by atoms with Crippen LogP contribution in [0.2, 0.25) is 0 Å². The Hall–Kier alpha value is -0.580. The van der Waals surface area contributed by atoms with E-state index in [9.17, 15) is 26.3 Å². The summed E-state index contributed by atoms with van der Waals surface area (Å²) in [6.07, 6.45) is -14.2. The van der Waals surface area contributed by atoms with Crippen LogP contribution in [0.3, 0.4) is 0 Å². The largest absolute Gasteiger partial charge is 0.425 e. The minimum Gasteiger partial charge on any atom is -0.394 e. The highest BCUT2D eigenvalue weighted by Crippen LogP contribution is 2.39. The fourth-order valence-electron chi connectivity index (χ4n) is 0.646. The van der Waals surface area contributed by atoms with Crippen LogP contribution in [0, 0.1) is 0 Å². The second-order valence-electron chi connectivity index (χ2n) is 3.07. The maximum absolute atomic E-state index is 12.5. The smallest absolute Gasteiger partial charge is 0.394 e. The Labute approximate surface area is 91.4 Å². The van der Waals surface area contributed by atoms with Gasteiger partial charge >= 0.3 is 18.5 Å². The van der Waals surface area contributed by atoms with Crippen molar-refractivity contribution < 1.29 is 46.4 Å². The van der Waals surface area contributed by atoms with E-state index in [2.05, 4.69) is 4.74 Å². The molecule has 0 radical (unpaired) electrons. The molecule has 17 heavy (non-hydrogen) atoms. The van der Waals surface area contributed by atoms with Crippen molar-refractivity contribution in [1.29, 1.82) is 0 Å². The molecule has 0 saturated heterocycles. The van der Waals surface area contributed by atoms with E-state index in [1.165, 1.54) is 0 Å². The van der Waals surface area contributed by atoms with Crippen LogP contribution in [0.1, 0.15) is 0 Å². The van der Waals surface area contributed by atoms with E-state index in [-0.39, 0.29) is 0 Å². The molecule has 0 saturated carbocycles. The van der Waals surface area contributed by atoms with E-state index in [4.69, 9.17) is 15.3 Å². The summed E-state index contributed by atoms with van der Waals surface area (Å²) in [7, 11) is 0. The zero-order chi connectivity index (χ0) is 13.9. The van der Waals surface area contributed by atoms with Gasteiger partial charge in [-0.2, -0.15) is 17.6 Å². The minimum absolute atomic E-state index is 1.04. The van der Waals surface area contributed by atoms with E-state index >= 15 is 0 Å². The maximum atomic E-state index is 12.5. The molecule has 0 unspecified atom stereocenters. The number of ether oxygens (including phenoxy) is 1. The average Bonchev–Trinajstić information content (AvgIpc) is 2.24. The second kappa shape index (κ2) is 5.85. The molecule has 0 aliphatic heterocycles. The molecule has 3 N–H and O–H groups in total. The van der Waals surface area contributed by atoms with Gasteiger partial charge in [0.25, 0.3) is 0 Å². The first-order valence-corrected chi connectivity index (χ1v) is 4.21. The van der Waals surface area contributed by atoms with Gasteiger partial charge in [-0.05, 0) is 0 Å². The standard InChI is InChI=1S/C7H10F6O4/c8-5(9)6(10,11)7(12,13)17-2-4(16)3(15)1-14/h3-5,14-16H,1-2H2/t3-,4+/m1/s1. The van der Waals surface area contributed by atoms with Crippen LogP contribution >= 0.6 is 0 Å². The van der Waals surface area contributed by atoms with Crippen molar-refractivity contribution in [2.24, 2.45) is 0 Å². The number of halogens is 6. The third-order valence-corrected chi connectivity index (χ3v) is 1.73. The van der Waals surface area contributed by atoms with Gasteiger partial charge in [-0.1, -0.05) is 0 Å². The van der Waals surface area contributed by atoms with Gasteiger partial charge in [-0.25, -0.2) is 8.78 Å². The molecule has 0 amide bonds. The molecule has 0 aromatic heterocycles. The van der Waals surface area contributed by atoms with Crippen LogP contribution in [0.5, 0.6) is 0 Å². The van der Waals surface area contributed by atoms with Crippen LogP contribution in [-0.2, 0) is 4.74 Å². The Bertz CT molecular complexity index is 236. The summed E-state index contributed by atoms with van der Waals surface area (Å²) >= 11 is 0. The van der Waals surface area contributed by atoms with Crippen molar-refractivity contribution in [1.82, 2.24) is 0 Å². The van der Waals surface area contributed by atoms with Crippen LogP contribution < -0.4 is 0 Å². The molecular formula is C7H10F6O4. The van der Waals surface area contributed by atoms with Crippen LogP contribution in [0.4, 0.5) is 26.3 Å². The molecule has 4 nitrogen and oxygen atoms in total. The van der Waals surface area contributed by atoms with Crippen molar-refractivity contribution in [3.05, 3.63) is 0 Å². The first-order chi connectivity index (χ1) is 7.56. The Morgan fingerprint density at radius 2 is 1.47 bits per heavy atom. The third kappa shape index (κ3) is 3.98. The number of alkyl halides is 6. The molecule has 0 fully saturated rings. The lowest BCUT2D eigenvalue weighted by Gasteiger charge is -2.26. The number of hydrogen-bond donors (Lipinski definition) is 3. The summed E-state index contributed by atoms with van der Waals surface area (Å²) in [5.74, 6) is -5.73. The molecule has 2 atom stereocenters. The summed E-state index contributed by atoms with van der Waals surface area (Å²) in [4.78, 5) is 0. The maximum Gasteiger partial charge on any atom is 0.425 e. The fourth-order valence-corrected chi connectivity index (χ4v) is 0.646. The van der Waals surface area contributed by atoms with Crippen molar-refractivity contribution in [2.75, 3.05) is 13.2 Å². The molecule has 10 heteroatoms. The van der Waals surface area contributed by atoms with E-state index < -0.39 is 43.9 Å². The average molecular weight is 272 g/mol. The summed E-state index contributed by atoms with van der Waals surface area (Å²) in [5.41, 5.74) is 0. The molecule has 0 aliphatic rings. The molecule has 0 aromatic carbocycles. The zero-order valence-corrected chi connectivity index (χ0v) is 8.16. The quantitative estimate of drug-likeness (QED) is 0.579. The van der Waals surface area contributed by atoms with Crippen molar-refractivity contribution >= 4 is 0 Å². The van der Waals surface area contributed by atoms with E-state index in [0.717, 1.165) is 0 Å². The molecule has 0 aliphatic carbocycles. The molecule has 0 spiro atoms. The highest BCUT2D eigenvalue weighted by atomic mass is 19.3. The monoisotopic (exact) mass is 272 g/mol. The SMILES string of the molecule is OC[C@@H](O)[C@@H](O)COC(F)(F)C(F)(F)C(F)F. The molecule has 0 rings (SSSR count). The first kappa shape index (κ1) is 16.4. The highest BCUT2D eigenvalue weighted by Gasteiger charge is 2.64. The highest BCUT2D eigenvalue weighted by molar-refractivity contribution is 4.80. The zero-order valence-electron chi connectivity index (χ0n) is 8.16. The Balaban J connectivity index is 4.46. The van der Waals surface area contributed by atoms with Gasteiger partial charge in [0, 0.05) is 0 Å². The van der Waals surface area contributed by atoms with Crippen LogP contribution in [0.15, 0.2) is 0 Å². The Morgan fingerprint density at radius 1 is 1.00 bits per heavy atom. The van der Waals surface area contributed by atoms with E-state index in [0.29, 0.717) is 0 Å². The fraction of sp³-hybridized carbons (Fsp3) is 1.00. The van der Waals surface area contributed by atoms with Gasteiger partial charge in [0.2, 0.25) is 0 Å². The first-order valence-electron chi connectivity index (χ1n) is 4.21. The molecular weight excluding hydrogens is 262 g/mol. The van der Waals surface area contributed by atoms with Crippen molar-refractivity contribution in [2.45, 2.75) is 30.7 Å². The topological polar surface area (TPSA) is 69.9 Å². The molecule has 104 valence electrons. The Morgan fingerprint density at radius 3 is 1.82 bits per heavy atom. The van der Waals surface area contributed by atoms with E-state index in [1.807, 2.05) is 0 Å².